The third kappa shape index (κ3) is 3.83. The molecule has 2 rings (SSSR count). The molecule has 2 aliphatic heterocycles. The molecule has 22 heavy (non-hydrogen) atoms. The quantitative estimate of drug-likeness (QED) is 0.677. The third-order valence-electron chi connectivity index (χ3n) is 5.88. The summed E-state index contributed by atoms with van der Waals surface area (Å²) < 4.78 is 6.59. The van der Waals surface area contributed by atoms with Gasteiger partial charge in [0.05, 0.1) is 17.3 Å². The predicted octanol–water partition coefficient (Wildman–Crippen LogP) is 5.17. The highest BCUT2D eigenvalue weighted by Gasteiger charge is 2.50. The van der Waals surface area contributed by atoms with E-state index in [1.807, 2.05) is 0 Å². The molecule has 0 amide bonds. The van der Waals surface area contributed by atoms with Crippen molar-refractivity contribution in [2.45, 2.75) is 96.9 Å². The maximum absolute atomic E-state index is 10.7. The summed E-state index contributed by atoms with van der Waals surface area (Å²) in [6, 6.07) is 0. The Balaban J connectivity index is 2.27. The van der Waals surface area contributed by atoms with Crippen LogP contribution in [0.4, 0.5) is 0 Å². The molecule has 0 aliphatic carbocycles. The Hall–Kier alpha value is -0.600. The topological polar surface area (TPSA) is 29.5 Å². The molecule has 2 aliphatic rings. The summed E-state index contributed by atoms with van der Waals surface area (Å²) >= 11 is 0. The van der Waals surface area contributed by atoms with Crippen LogP contribution in [0.1, 0.15) is 79.6 Å². The van der Waals surface area contributed by atoms with Crippen LogP contribution in [0.5, 0.6) is 0 Å². The largest absolute Gasteiger partial charge is 0.390 e. The number of ether oxygens (including phenoxy) is 1. The highest BCUT2D eigenvalue weighted by Crippen LogP contribution is 2.47. The summed E-state index contributed by atoms with van der Waals surface area (Å²) in [7, 11) is 0. The number of hydrogen-bond donors (Lipinski definition) is 1. The molecular weight excluding hydrogens is 272 g/mol. The van der Waals surface area contributed by atoms with Gasteiger partial charge in [-0.1, -0.05) is 37.1 Å². The van der Waals surface area contributed by atoms with Gasteiger partial charge in [0.15, 0.2) is 0 Å². The second-order valence-corrected chi connectivity index (χ2v) is 8.03. The highest BCUT2D eigenvalue weighted by atomic mass is 16.5. The lowest BCUT2D eigenvalue weighted by Gasteiger charge is -2.38. The van der Waals surface area contributed by atoms with Crippen LogP contribution < -0.4 is 0 Å². The summed E-state index contributed by atoms with van der Waals surface area (Å²) in [6.45, 7) is 11.0. The first kappa shape index (κ1) is 17.7. The van der Waals surface area contributed by atoms with Crippen LogP contribution in [-0.4, -0.2) is 22.4 Å². The Bertz CT molecular complexity index is 449. The minimum atomic E-state index is -0.389. The van der Waals surface area contributed by atoms with Gasteiger partial charge in [0.25, 0.3) is 0 Å². The molecule has 1 saturated heterocycles. The molecule has 3 unspecified atom stereocenters. The molecule has 2 bridgehead atoms. The van der Waals surface area contributed by atoms with Crippen LogP contribution in [0.25, 0.3) is 0 Å². The zero-order valence-electron chi connectivity index (χ0n) is 15.1. The molecule has 0 radical (unpaired) electrons. The van der Waals surface area contributed by atoms with Crippen LogP contribution in [0.3, 0.4) is 0 Å². The van der Waals surface area contributed by atoms with Crippen molar-refractivity contribution in [2.75, 3.05) is 0 Å². The van der Waals surface area contributed by atoms with Crippen LogP contribution in [0, 0.1) is 5.92 Å². The molecule has 0 saturated carbocycles. The first-order valence-corrected chi connectivity index (χ1v) is 8.97. The van der Waals surface area contributed by atoms with Crippen molar-refractivity contribution in [3.63, 3.8) is 0 Å². The lowest BCUT2D eigenvalue weighted by atomic mass is 9.82. The van der Waals surface area contributed by atoms with Gasteiger partial charge in [-0.15, -0.1) is 0 Å². The smallest absolute Gasteiger partial charge is 0.0921 e. The van der Waals surface area contributed by atoms with Gasteiger partial charge in [-0.05, 0) is 71.6 Å². The number of hydrogen-bond acceptors (Lipinski definition) is 2. The van der Waals surface area contributed by atoms with Gasteiger partial charge in [-0.2, -0.15) is 0 Å². The van der Waals surface area contributed by atoms with Crippen molar-refractivity contribution < 1.29 is 9.84 Å². The fraction of sp³-hybridized carbons (Fsp3) is 0.800. The SMILES string of the molecule is C/C1=C\CC2(C(C)C)CCC(C)(O2)C(O)CC/C(C)=C/CC1. The van der Waals surface area contributed by atoms with E-state index in [4.69, 9.17) is 4.74 Å². The van der Waals surface area contributed by atoms with Crippen molar-refractivity contribution in [1.29, 1.82) is 0 Å². The van der Waals surface area contributed by atoms with Gasteiger partial charge < -0.3 is 9.84 Å². The van der Waals surface area contributed by atoms with E-state index in [-0.39, 0.29) is 17.3 Å². The normalized spacial score (nSPS) is 42.6. The van der Waals surface area contributed by atoms with Crippen molar-refractivity contribution >= 4 is 0 Å². The second-order valence-electron chi connectivity index (χ2n) is 8.03. The van der Waals surface area contributed by atoms with E-state index in [0.29, 0.717) is 5.92 Å². The molecule has 1 fully saturated rings. The Labute approximate surface area is 136 Å². The fourth-order valence-electron chi connectivity index (χ4n) is 3.81. The van der Waals surface area contributed by atoms with E-state index in [1.54, 1.807) is 0 Å². The van der Waals surface area contributed by atoms with Gasteiger partial charge in [0.2, 0.25) is 0 Å². The number of allylic oxidation sites excluding steroid dienone is 3. The molecule has 0 aromatic carbocycles. The van der Waals surface area contributed by atoms with E-state index in [9.17, 15) is 5.11 Å². The average Bonchev–Trinajstić information content (AvgIpc) is 2.82. The monoisotopic (exact) mass is 306 g/mol. The predicted molar refractivity (Wildman–Crippen MR) is 92.9 cm³/mol. The lowest BCUT2D eigenvalue weighted by Crippen LogP contribution is -2.44. The molecule has 3 atom stereocenters. The Morgan fingerprint density at radius 2 is 1.82 bits per heavy atom. The average molecular weight is 306 g/mol. The van der Waals surface area contributed by atoms with E-state index < -0.39 is 0 Å². The Kier molecular flexibility index (Phi) is 5.55. The molecule has 0 aromatic heterocycles. The van der Waals surface area contributed by atoms with Gasteiger partial charge >= 0.3 is 0 Å². The molecule has 1 N–H and O–H groups in total. The fourth-order valence-corrected chi connectivity index (χ4v) is 3.81. The summed E-state index contributed by atoms with van der Waals surface area (Å²) in [5.74, 6) is 0.468. The van der Waals surface area contributed by atoms with Crippen LogP contribution in [0.15, 0.2) is 23.3 Å². The Morgan fingerprint density at radius 1 is 1.14 bits per heavy atom. The van der Waals surface area contributed by atoms with Crippen LogP contribution >= 0.6 is 0 Å². The second kappa shape index (κ2) is 6.88. The maximum Gasteiger partial charge on any atom is 0.0921 e. The molecular formula is C20H34O2. The maximum atomic E-state index is 10.7. The van der Waals surface area contributed by atoms with Crippen LogP contribution in [0.2, 0.25) is 0 Å². The Morgan fingerprint density at radius 3 is 2.50 bits per heavy atom. The van der Waals surface area contributed by atoms with Crippen molar-refractivity contribution in [3.8, 4) is 0 Å². The number of rotatable bonds is 1. The summed E-state index contributed by atoms with van der Waals surface area (Å²) in [6.07, 6.45) is 11.3. The summed E-state index contributed by atoms with van der Waals surface area (Å²) in [5.41, 5.74) is 2.36. The van der Waals surface area contributed by atoms with Crippen molar-refractivity contribution in [3.05, 3.63) is 23.3 Å². The zero-order chi connectivity index (χ0) is 16.4. The number of aliphatic hydroxyl groups excluding tert-OH is 1. The van der Waals surface area contributed by atoms with E-state index >= 15 is 0 Å². The van der Waals surface area contributed by atoms with E-state index in [0.717, 1.165) is 44.9 Å². The number of fused-ring (bicyclic) bond motifs is 2. The lowest BCUT2D eigenvalue weighted by molar-refractivity contribution is -0.162. The van der Waals surface area contributed by atoms with Crippen molar-refractivity contribution in [2.24, 2.45) is 5.92 Å². The minimum absolute atomic E-state index is 0.104. The summed E-state index contributed by atoms with van der Waals surface area (Å²) in [4.78, 5) is 0. The molecule has 0 aromatic rings. The number of aliphatic hydroxyl groups is 1. The van der Waals surface area contributed by atoms with Gasteiger partial charge in [0.1, 0.15) is 0 Å². The van der Waals surface area contributed by atoms with E-state index in [1.165, 1.54) is 11.1 Å². The molecule has 2 heterocycles. The van der Waals surface area contributed by atoms with Crippen LogP contribution in [-0.2, 0) is 4.74 Å². The molecule has 2 nitrogen and oxygen atoms in total. The first-order valence-electron chi connectivity index (χ1n) is 8.97. The zero-order valence-corrected chi connectivity index (χ0v) is 15.1. The van der Waals surface area contributed by atoms with Gasteiger partial charge in [-0.3, -0.25) is 0 Å². The molecule has 2 heteroatoms. The molecule has 0 spiro atoms. The minimum Gasteiger partial charge on any atom is -0.390 e. The highest BCUT2D eigenvalue weighted by molar-refractivity contribution is 5.10. The van der Waals surface area contributed by atoms with Gasteiger partial charge in [-0.25, -0.2) is 0 Å². The van der Waals surface area contributed by atoms with E-state index in [2.05, 4.69) is 46.8 Å². The third-order valence-corrected chi connectivity index (χ3v) is 5.88. The van der Waals surface area contributed by atoms with Gasteiger partial charge in [0, 0.05) is 0 Å². The standard InChI is InChI=1S/C20H34O2/c1-15(2)20-12-11-17(4)8-6-7-16(3)9-10-18(21)19(5,22-20)13-14-20/h7,11,15,18,21H,6,8-10,12-14H2,1-5H3/b16-7+,17-11+. The molecule has 126 valence electrons. The first-order chi connectivity index (χ1) is 10.3. The van der Waals surface area contributed by atoms with Crippen molar-refractivity contribution in [1.82, 2.24) is 0 Å². The summed E-state index contributed by atoms with van der Waals surface area (Å²) in [5, 5.41) is 10.7.